The summed E-state index contributed by atoms with van der Waals surface area (Å²) in [6.07, 6.45) is 0. The zero-order valence-corrected chi connectivity index (χ0v) is 10.7. The second-order valence-electron chi connectivity index (χ2n) is 3.81. The maximum Gasteiger partial charge on any atom is 0.193 e. The summed E-state index contributed by atoms with van der Waals surface area (Å²) in [4.78, 5) is 12.1. The summed E-state index contributed by atoms with van der Waals surface area (Å²) in [5.41, 5.74) is 0.343. The molecule has 0 aliphatic rings. The number of hydrogen-bond acceptors (Lipinski definition) is 2. The molecule has 2 aromatic rings. The smallest absolute Gasteiger partial charge is 0.193 e. The molecule has 2 rings (SSSR count). The maximum absolute atomic E-state index is 13.3. The molecule has 0 atom stereocenters. The summed E-state index contributed by atoms with van der Waals surface area (Å²) in [6, 6.07) is 7.45. The molecule has 0 saturated carbocycles. The van der Waals surface area contributed by atoms with Crippen molar-refractivity contribution in [2.45, 2.75) is 0 Å². The molecule has 0 spiro atoms. The van der Waals surface area contributed by atoms with Crippen molar-refractivity contribution in [1.29, 1.82) is 0 Å². The third kappa shape index (κ3) is 2.74. The second kappa shape index (κ2) is 5.36. The van der Waals surface area contributed by atoms with Crippen molar-refractivity contribution < 1.29 is 18.3 Å². The van der Waals surface area contributed by atoms with E-state index in [9.17, 15) is 13.6 Å². The fourth-order valence-corrected chi connectivity index (χ4v) is 1.72. The minimum Gasteiger partial charge on any atom is -0.494 e. The van der Waals surface area contributed by atoms with Crippen LogP contribution >= 0.6 is 11.6 Å². The molecule has 0 aliphatic carbocycles. The number of benzene rings is 2. The topological polar surface area (TPSA) is 26.3 Å². The van der Waals surface area contributed by atoms with Crippen LogP contribution in [0.2, 0.25) is 5.02 Å². The lowest BCUT2D eigenvalue weighted by Crippen LogP contribution is -2.03. The van der Waals surface area contributed by atoms with Crippen molar-refractivity contribution in [2.24, 2.45) is 0 Å². The van der Waals surface area contributed by atoms with Crippen LogP contribution in [-0.2, 0) is 0 Å². The Bertz CT molecular complexity index is 641. The first-order valence-corrected chi connectivity index (χ1v) is 5.74. The molecule has 2 nitrogen and oxygen atoms in total. The molecule has 0 fully saturated rings. The molecule has 2 aromatic carbocycles. The predicted molar refractivity (Wildman–Crippen MR) is 67.8 cm³/mol. The van der Waals surface area contributed by atoms with Crippen LogP contribution in [0.25, 0.3) is 0 Å². The van der Waals surface area contributed by atoms with E-state index in [4.69, 9.17) is 16.3 Å². The first-order valence-electron chi connectivity index (χ1n) is 5.36. The zero-order valence-electron chi connectivity index (χ0n) is 9.91. The van der Waals surface area contributed by atoms with Crippen LogP contribution < -0.4 is 4.74 Å². The molecular formula is C14H9ClF2O2. The average Bonchev–Trinajstić information content (AvgIpc) is 2.41. The minimum atomic E-state index is -0.679. The molecule has 98 valence electrons. The van der Waals surface area contributed by atoms with Gasteiger partial charge in [-0.25, -0.2) is 8.78 Å². The Balaban J connectivity index is 2.41. The summed E-state index contributed by atoms with van der Waals surface area (Å²) in [7, 11) is 1.30. The Kier molecular flexibility index (Phi) is 3.81. The van der Waals surface area contributed by atoms with Crippen molar-refractivity contribution in [1.82, 2.24) is 0 Å². The van der Waals surface area contributed by atoms with Gasteiger partial charge in [-0.2, -0.15) is 0 Å². The Morgan fingerprint density at radius 1 is 1.05 bits per heavy atom. The zero-order chi connectivity index (χ0) is 14.0. The van der Waals surface area contributed by atoms with Crippen LogP contribution in [0.15, 0.2) is 36.4 Å². The molecule has 0 unspecified atom stereocenters. The van der Waals surface area contributed by atoms with Crippen molar-refractivity contribution in [3.63, 3.8) is 0 Å². The maximum atomic E-state index is 13.3. The van der Waals surface area contributed by atoms with E-state index in [0.29, 0.717) is 0 Å². The monoisotopic (exact) mass is 282 g/mol. The highest BCUT2D eigenvalue weighted by Crippen LogP contribution is 2.22. The van der Waals surface area contributed by atoms with E-state index >= 15 is 0 Å². The van der Waals surface area contributed by atoms with Gasteiger partial charge < -0.3 is 4.74 Å². The minimum absolute atomic E-state index is 0.0414. The highest BCUT2D eigenvalue weighted by atomic mass is 35.5. The van der Waals surface area contributed by atoms with Gasteiger partial charge in [0, 0.05) is 11.1 Å². The fourth-order valence-electron chi connectivity index (χ4n) is 1.61. The number of halogens is 3. The van der Waals surface area contributed by atoms with Gasteiger partial charge in [-0.1, -0.05) is 11.6 Å². The number of methoxy groups -OCH3 is 1. The largest absolute Gasteiger partial charge is 0.494 e. The Hall–Kier alpha value is -1.94. The van der Waals surface area contributed by atoms with Gasteiger partial charge in [0.05, 0.1) is 12.1 Å². The molecule has 0 heterocycles. The van der Waals surface area contributed by atoms with Gasteiger partial charge in [-0.15, -0.1) is 0 Å². The molecule has 19 heavy (non-hydrogen) atoms. The third-order valence-electron chi connectivity index (χ3n) is 2.60. The highest BCUT2D eigenvalue weighted by molar-refractivity contribution is 6.30. The quantitative estimate of drug-likeness (QED) is 0.799. The normalized spacial score (nSPS) is 10.3. The summed E-state index contributed by atoms with van der Waals surface area (Å²) in [6.45, 7) is 0. The van der Waals surface area contributed by atoms with Gasteiger partial charge in [0.2, 0.25) is 0 Å². The van der Waals surface area contributed by atoms with Crippen molar-refractivity contribution >= 4 is 17.4 Å². The molecule has 0 aromatic heterocycles. The summed E-state index contributed by atoms with van der Waals surface area (Å²) in [5, 5.41) is -0.0618. The summed E-state index contributed by atoms with van der Waals surface area (Å²) in [5.74, 6) is -1.72. The summed E-state index contributed by atoms with van der Waals surface area (Å²) >= 11 is 5.54. The van der Waals surface area contributed by atoms with Gasteiger partial charge in [0.25, 0.3) is 0 Å². The number of ether oxygens (including phenoxy) is 1. The molecule has 0 radical (unpaired) electrons. The third-order valence-corrected chi connectivity index (χ3v) is 2.90. The molecular weight excluding hydrogens is 274 g/mol. The lowest BCUT2D eigenvalue weighted by atomic mass is 10.0. The van der Waals surface area contributed by atoms with E-state index < -0.39 is 17.4 Å². The molecule has 5 heteroatoms. The first-order chi connectivity index (χ1) is 9.02. The standard InChI is InChI=1S/C14H9ClF2O2/c1-19-13-7-9(3-5-11(13)16)14(18)8-2-4-10(15)12(17)6-8/h2-7H,1H3. The van der Waals surface area contributed by atoms with E-state index in [1.54, 1.807) is 0 Å². The van der Waals surface area contributed by atoms with Crippen LogP contribution in [0.4, 0.5) is 8.78 Å². The number of rotatable bonds is 3. The summed E-state index contributed by atoms with van der Waals surface area (Å²) < 4.78 is 31.3. The molecule has 0 bridgehead atoms. The fraction of sp³-hybridized carbons (Fsp3) is 0.0714. The second-order valence-corrected chi connectivity index (χ2v) is 4.21. The van der Waals surface area contributed by atoms with Gasteiger partial charge in [-0.05, 0) is 36.4 Å². The highest BCUT2D eigenvalue weighted by Gasteiger charge is 2.14. The lowest BCUT2D eigenvalue weighted by Gasteiger charge is -2.06. The van der Waals surface area contributed by atoms with Crippen LogP contribution in [0.3, 0.4) is 0 Å². The molecule has 0 aliphatic heterocycles. The first kappa shape index (κ1) is 13.5. The van der Waals surface area contributed by atoms with Crippen LogP contribution in [-0.4, -0.2) is 12.9 Å². The van der Waals surface area contributed by atoms with Crippen molar-refractivity contribution in [2.75, 3.05) is 7.11 Å². The number of ketones is 1. The van der Waals surface area contributed by atoms with Crippen LogP contribution in [0.5, 0.6) is 5.75 Å². The number of carbonyl (C=O) groups is 1. The van der Waals surface area contributed by atoms with Crippen molar-refractivity contribution in [3.05, 3.63) is 64.2 Å². The molecule has 0 N–H and O–H groups in total. The molecule has 0 saturated heterocycles. The lowest BCUT2D eigenvalue weighted by molar-refractivity contribution is 0.103. The SMILES string of the molecule is COc1cc(C(=O)c2ccc(Cl)c(F)c2)ccc1F. The Labute approximate surface area is 113 Å². The Morgan fingerprint density at radius 2 is 1.68 bits per heavy atom. The van der Waals surface area contributed by atoms with E-state index in [1.807, 2.05) is 0 Å². The van der Waals surface area contributed by atoms with E-state index in [2.05, 4.69) is 0 Å². The van der Waals surface area contributed by atoms with Gasteiger partial charge in [0.1, 0.15) is 5.82 Å². The van der Waals surface area contributed by atoms with E-state index in [0.717, 1.165) is 12.1 Å². The van der Waals surface area contributed by atoms with Gasteiger partial charge in [-0.3, -0.25) is 4.79 Å². The van der Waals surface area contributed by atoms with E-state index in [-0.39, 0.29) is 21.9 Å². The Morgan fingerprint density at radius 3 is 2.32 bits per heavy atom. The predicted octanol–water partition coefficient (Wildman–Crippen LogP) is 3.86. The molecule has 0 amide bonds. The van der Waals surface area contributed by atoms with Crippen LogP contribution in [0.1, 0.15) is 15.9 Å². The van der Waals surface area contributed by atoms with Gasteiger partial charge >= 0.3 is 0 Å². The van der Waals surface area contributed by atoms with Gasteiger partial charge in [0.15, 0.2) is 17.3 Å². The van der Waals surface area contributed by atoms with Crippen LogP contribution in [0, 0.1) is 11.6 Å². The van der Waals surface area contributed by atoms with Crippen molar-refractivity contribution in [3.8, 4) is 5.75 Å². The number of hydrogen-bond donors (Lipinski definition) is 0. The number of carbonyl (C=O) groups excluding carboxylic acids is 1. The average molecular weight is 283 g/mol. The van der Waals surface area contributed by atoms with E-state index in [1.165, 1.54) is 31.4 Å².